The van der Waals surface area contributed by atoms with Gasteiger partial charge < -0.3 is 9.30 Å². The Morgan fingerprint density at radius 2 is 2.00 bits per heavy atom. The van der Waals surface area contributed by atoms with E-state index in [4.69, 9.17) is 17.0 Å². The summed E-state index contributed by atoms with van der Waals surface area (Å²) in [5.74, 6) is 0.894. The fourth-order valence-electron chi connectivity index (χ4n) is 2.20. The lowest BCUT2D eigenvalue weighted by Crippen LogP contribution is -2.24. The molecule has 0 N–H and O–H groups in total. The van der Waals surface area contributed by atoms with E-state index < -0.39 is 0 Å². The molecule has 1 aromatic carbocycles. The van der Waals surface area contributed by atoms with Crippen LogP contribution in [-0.2, 0) is 18.5 Å². The molecule has 0 fully saturated rings. The number of methoxy groups -OCH3 is 1. The Balaban J connectivity index is 2.13. The van der Waals surface area contributed by atoms with Crippen LogP contribution in [0.5, 0.6) is 0 Å². The van der Waals surface area contributed by atoms with Gasteiger partial charge in [-0.1, -0.05) is 30.3 Å². The third-order valence-electron chi connectivity index (χ3n) is 3.34. The van der Waals surface area contributed by atoms with E-state index in [0.717, 1.165) is 35.7 Å². The first-order valence-corrected chi connectivity index (χ1v) is 7.41. The van der Waals surface area contributed by atoms with E-state index in [2.05, 4.69) is 17.0 Å². The molecule has 0 spiro atoms. The largest absolute Gasteiger partial charge is 0.385 e. The van der Waals surface area contributed by atoms with Crippen LogP contribution in [0, 0.1) is 4.77 Å². The van der Waals surface area contributed by atoms with Crippen LogP contribution in [-0.4, -0.2) is 46.6 Å². The SMILES string of the molecule is COCCCN(C)Cn1nc(-c2ccccc2)n(C)c1=S. The second kappa shape index (κ2) is 7.49. The Labute approximate surface area is 130 Å². The van der Waals surface area contributed by atoms with E-state index >= 15 is 0 Å². The Morgan fingerprint density at radius 1 is 1.29 bits per heavy atom. The molecule has 1 aromatic heterocycles. The minimum atomic E-state index is 0.684. The van der Waals surface area contributed by atoms with Gasteiger partial charge in [0.05, 0.1) is 6.67 Å². The van der Waals surface area contributed by atoms with E-state index in [0.29, 0.717) is 6.67 Å². The topological polar surface area (TPSA) is 35.2 Å². The molecule has 0 aliphatic carbocycles. The van der Waals surface area contributed by atoms with Gasteiger partial charge >= 0.3 is 0 Å². The Hall–Kier alpha value is -1.50. The number of aromatic nitrogens is 3. The van der Waals surface area contributed by atoms with Crippen molar-refractivity contribution in [3.05, 3.63) is 35.1 Å². The van der Waals surface area contributed by atoms with Crippen LogP contribution < -0.4 is 0 Å². The van der Waals surface area contributed by atoms with Crippen LogP contribution in [0.25, 0.3) is 11.4 Å². The Kier molecular flexibility index (Phi) is 5.67. The Morgan fingerprint density at radius 3 is 2.67 bits per heavy atom. The van der Waals surface area contributed by atoms with Gasteiger partial charge in [0.1, 0.15) is 0 Å². The number of hydrogen-bond acceptors (Lipinski definition) is 4. The molecule has 5 nitrogen and oxygen atoms in total. The average Bonchev–Trinajstić information content (AvgIpc) is 2.77. The third-order valence-corrected chi connectivity index (χ3v) is 3.82. The summed E-state index contributed by atoms with van der Waals surface area (Å²) in [5.41, 5.74) is 1.08. The molecule has 0 radical (unpaired) electrons. The first-order valence-electron chi connectivity index (χ1n) is 7.00. The van der Waals surface area contributed by atoms with Crippen molar-refractivity contribution in [1.82, 2.24) is 19.2 Å². The molecule has 2 aromatic rings. The minimum Gasteiger partial charge on any atom is -0.385 e. The maximum absolute atomic E-state index is 5.48. The summed E-state index contributed by atoms with van der Waals surface area (Å²) in [4.78, 5) is 2.19. The lowest BCUT2D eigenvalue weighted by Gasteiger charge is -2.15. The van der Waals surface area contributed by atoms with Crippen molar-refractivity contribution in [3.8, 4) is 11.4 Å². The van der Waals surface area contributed by atoms with Gasteiger partial charge in [-0.25, -0.2) is 4.68 Å². The number of rotatable bonds is 7. The van der Waals surface area contributed by atoms with Gasteiger partial charge in [-0.2, -0.15) is 5.10 Å². The van der Waals surface area contributed by atoms with Crippen LogP contribution in [0.15, 0.2) is 30.3 Å². The predicted octanol–water partition coefficient (Wildman–Crippen LogP) is 2.54. The first kappa shape index (κ1) is 15.9. The van der Waals surface area contributed by atoms with Gasteiger partial charge in [0, 0.05) is 32.9 Å². The van der Waals surface area contributed by atoms with Crippen molar-refractivity contribution in [1.29, 1.82) is 0 Å². The predicted molar refractivity (Wildman–Crippen MR) is 86.6 cm³/mol. The molecule has 0 amide bonds. The highest BCUT2D eigenvalue weighted by Crippen LogP contribution is 2.16. The van der Waals surface area contributed by atoms with Crippen molar-refractivity contribution >= 4 is 12.2 Å². The lowest BCUT2D eigenvalue weighted by atomic mass is 10.2. The summed E-state index contributed by atoms with van der Waals surface area (Å²) in [7, 11) is 5.74. The molecule has 0 unspecified atom stereocenters. The zero-order valence-electron chi connectivity index (χ0n) is 12.8. The van der Waals surface area contributed by atoms with Crippen molar-refractivity contribution < 1.29 is 4.74 Å². The molecule has 1 heterocycles. The van der Waals surface area contributed by atoms with E-state index in [1.165, 1.54) is 0 Å². The maximum atomic E-state index is 5.48. The summed E-state index contributed by atoms with van der Waals surface area (Å²) in [6.07, 6.45) is 0.999. The second-order valence-electron chi connectivity index (χ2n) is 5.10. The molecule has 0 aliphatic rings. The number of nitrogens with zero attached hydrogens (tertiary/aromatic N) is 4. The van der Waals surface area contributed by atoms with Crippen molar-refractivity contribution in [3.63, 3.8) is 0 Å². The molecule has 2 rings (SSSR count). The molecule has 0 aliphatic heterocycles. The molecule has 0 saturated carbocycles. The minimum absolute atomic E-state index is 0.684. The summed E-state index contributed by atoms with van der Waals surface area (Å²) in [5, 5.41) is 4.65. The zero-order chi connectivity index (χ0) is 15.2. The van der Waals surface area contributed by atoms with Crippen LogP contribution in [0.1, 0.15) is 6.42 Å². The molecule has 21 heavy (non-hydrogen) atoms. The second-order valence-corrected chi connectivity index (χ2v) is 5.46. The standard InChI is InChI=1S/C15H22N4OS/c1-17(10-7-11-20-3)12-19-15(21)18(2)14(16-19)13-8-5-4-6-9-13/h4-6,8-9H,7,10-12H2,1-3H3. The summed E-state index contributed by atoms with van der Waals surface area (Å²) in [6, 6.07) is 10.1. The van der Waals surface area contributed by atoms with Gasteiger partial charge in [0.15, 0.2) is 10.6 Å². The Bertz CT molecular complexity index is 620. The smallest absolute Gasteiger partial charge is 0.199 e. The van der Waals surface area contributed by atoms with Crippen molar-refractivity contribution in [2.75, 3.05) is 27.3 Å². The molecule has 6 heteroatoms. The van der Waals surface area contributed by atoms with Gasteiger partial charge in [-0.15, -0.1) is 0 Å². The van der Waals surface area contributed by atoms with E-state index in [1.807, 2.05) is 46.6 Å². The fourth-order valence-corrected chi connectivity index (χ4v) is 2.38. The monoisotopic (exact) mass is 306 g/mol. The fraction of sp³-hybridized carbons (Fsp3) is 0.467. The van der Waals surface area contributed by atoms with Crippen LogP contribution in [0.2, 0.25) is 0 Å². The van der Waals surface area contributed by atoms with E-state index in [9.17, 15) is 0 Å². The molecule has 0 saturated heterocycles. The van der Waals surface area contributed by atoms with Crippen LogP contribution in [0.4, 0.5) is 0 Å². The zero-order valence-corrected chi connectivity index (χ0v) is 13.6. The lowest BCUT2D eigenvalue weighted by molar-refractivity contribution is 0.168. The highest BCUT2D eigenvalue weighted by Gasteiger charge is 2.10. The van der Waals surface area contributed by atoms with E-state index in [-0.39, 0.29) is 0 Å². The molecular formula is C15H22N4OS. The number of ether oxygens (including phenoxy) is 1. The maximum Gasteiger partial charge on any atom is 0.199 e. The number of hydrogen-bond donors (Lipinski definition) is 0. The molecular weight excluding hydrogens is 284 g/mol. The van der Waals surface area contributed by atoms with E-state index in [1.54, 1.807) is 7.11 Å². The molecule has 0 atom stereocenters. The van der Waals surface area contributed by atoms with Gasteiger partial charge in [-0.05, 0) is 25.7 Å². The summed E-state index contributed by atoms with van der Waals surface area (Å²) >= 11 is 5.48. The average molecular weight is 306 g/mol. The van der Waals surface area contributed by atoms with Gasteiger partial charge in [-0.3, -0.25) is 4.90 Å². The summed E-state index contributed by atoms with van der Waals surface area (Å²) < 4.78 is 9.62. The van der Waals surface area contributed by atoms with Crippen LogP contribution >= 0.6 is 12.2 Å². The van der Waals surface area contributed by atoms with Crippen molar-refractivity contribution in [2.24, 2.45) is 7.05 Å². The van der Waals surface area contributed by atoms with Gasteiger partial charge in [0.2, 0.25) is 0 Å². The number of benzene rings is 1. The van der Waals surface area contributed by atoms with Gasteiger partial charge in [0.25, 0.3) is 0 Å². The molecule has 114 valence electrons. The quantitative estimate of drug-likeness (QED) is 0.582. The van der Waals surface area contributed by atoms with Crippen LogP contribution in [0.3, 0.4) is 0 Å². The highest BCUT2D eigenvalue weighted by molar-refractivity contribution is 7.71. The normalized spacial score (nSPS) is 11.2. The van der Waals surface area contributed by atoms with Crippen molar-refractivity contribution in [2.45, 2.75) is 13.1 Å². The summed E-state index contributed by atoms with van der Waals surface area (Å²) in [6.45, 7) is 2.41. The third kappa shape index (κ3) is 4.00. The molecule has 0 bridgehead atoms. The first-order chi connectivity index (χ1) is 10.1. The highest BCUT2D eigenvalue weighted by atomic mass is 32.1.